The number of aliphatic imine (C=N–C) groups is 1. The molecule has 28 heavy (non-hydrogen) atoms. The summed E-state index contributed by atoms with van der Waals surface area (Å²) in [6.45, 7) is 10.7. The van der Waals surface area contributed by atoms with E-state index in [0.717, 1.165) is 31.0 Å². The predicted octanol–water partition coefficient (Wildman–Crippen LogP) is 3.38. The zero-order valence-corrected chi connectivity index (χ0v) is 17.4. The van der Waals surface area contributed by atoms with Gasteiger partial charge in [-0.2, -0.15) is 0 Å². The van der Waals surface area contributed by atoms with Crippen LogP contribution in [0, 0.1) is 0 Å². The van der Waals surface area contributed by atoms with Gasteiger partial charge in [0.25, 0.3) is 0 Å². The minimum absolute atomic E-state index is 0.0334. The molecule has 1 amide bonds. The summed E-state index contributed by atoms with van der Waals surface area (Å²) in [7, 11) is 0. The van der Waals surface area contributed by atoms with E-state index < -0.39 is 5.91 Å². The van der Waals surface area contributed by atoms with Crippen molar-refractivity contribution >= 4 is 11.9 Å². The van der Waals surface area contributed by atoms with Crippen molar-refractivity contribution in [3.05, 3.63) is 70.8 Å². The lowest BCUT2D eigenvalue weighted by Gasteiger charge is -2.27. The highest BCUT2D eigenvalue weighted by molar-refractivity contribution is 5.92. The van der Waals surface area contributed by atoms with Crippen molar-refractivity contribution in [2.45, 2.75) is 46.1 Å². The number of carbonyl (C=O) groups excluding carboxylic acids is 1. The molecule has 5 nitrogen and oxygen atoms in total. The van der Waals surface area contributed by atoms with Crippen LogP contribution in [-0.2, 0) is 18.4 Å². The molecule has 150 valence electrons. The third-order valence-corrected chi connectivity index (χ3v) is 4.82. The molecule has 0 aromatic heterocycles. The van der Waals surface area contributed by atoms with Crippen LogP contribution < -0.4 is 16.4 Å². The Balaban J connectivity index is 2.05. The molecule has 5 heteroatoms. The Morgan fingerprint density at radius 3 is 2.36 bits per heavy atom. The van der Waals surface area contributed by atoms with E-state index in [0.29, 0.717) is 12.1 Å². The van der Waals surface area contributed by atoms with Gasteiger partial charge >= 0.3 is 0 Å². The average Bonchev–Trinajstić information content (AvgIpc) is 2.70. The van der Waals surface area contributed by atoms with Crippen molar-refractivity contribution in [2.24, 2.45) is 10.7 Å². The van der Waals surface area contributed by atoms with E-state index in [2.05, 4.69) is 60.7 Å². The second-order valence-corrected chi connectivity index (χ2v) is 7.55. The Labute approximate surface area is 168 Å². The summed E-state index contributed by atoms with van der Waals surface area (Å²) >= 11 is 0. The average molecular weight is 381 g/mol. The van der Waals surface area contributed by atoms with Crippen LogP contribution in [0.1, 0.15) is 54.7 Å². The first-order chi connectivity index (χ1) is 13.4. The van der Waals surface area contributed by atoms with Crippen LogP contribution in [0.3, 0.4) is 0 Å². The lowest BCUT2D eigenvalue weighted by molar-refractivity contribution is 0.1000. The minimum Gasteiger partial charge on any atom is -0.366 e. The Morgan fingerprint density at radius 1 is 1.04 bits per heavy atom. The molecule has 0 aliphatic carbocycles. The maximum Gasteiger partial charge on any atom is 0.248 e. The third-order valence-electron chi connectivity index (χ3n) is 4.82. The van der Waals surface area contributed by atoms with Gasteiger partial charge in [-0.05, 0) is 42.2 Å². The fourth-order valence-electron chi connectivity index (χ4n) is 2.93. The fraction of sp³-hybridized carbons (Fsp3) is 0.391. The number of hydrogen-bond acceptors (Lipinski definition) is 2. The van der Waals surface area contributed by atoms with E-state index in [1.807, 2.05) is 19.1 Å². The zero-order valence-electron chi connectivity index (χ0n) is 17.4. The molecule has 2 aromatic carbocycles. The maximum absolute atomic E-state index is 11.3. The summed E-state index contributed by atoms with van der Waals surface area (Å²) in [5.74, 6) is 0.330. The summed E-state index contributed by atoms with van der Waals surface area (Å²) in [5.41, 5.74) is 9.41. The quantitative estimate of drug-likeness (QED) is 0.485. The lowest BCUT2D eigenvalue weighted by atomic mass is 9.84. The van der Waals surface area contributed by atoms with E-state index in [4.69, 9.17) is 5.73 Å². The van der Waals surface area contributed by atoms with Crippen molar-refractivity contribution in [3.8, 4) is 0 Å². The van der Waals surface area contributed by atoms with E-state index in [9.17, 15) is 4.79 Å². The van der Waals surface area contributed by atoms with Crippen molar-refractivity contribution in [3.63, 3.8) is 0 Å². The number of hydrogen-bond donors (Lipinski definition) is 3. The molecule has 4 N–H and O–H groups in total. The first-order valence-corrected chi connectivity index (χ1v) is 9.86. The zero-order chi connectivity index (χ0) is 20.6. The molecule has 0 heterocycles. The molecule has 0 bridgehead atoms. The molecule has 0 atom stereocenters. The highest BCUT2D eigenvalue weighted by atomic mass is 16.1. The van der Waals surface area contributed by atoms with Gasteiger partial charge in [0.15, 0.2) is 5.96 Å². The number of primary amides is 1. The molecule has 0 saturated carbocycles. The predicted molar refractivity (Wildman–Crippen MR) is 117 cm³/mol. The smallest absolute Gasteiger partial charge is 0.248 e. The summed E-state index contributed by atoms with van der Waals surface area (Å²) in [6, 6.07) is 16.1. The largest absolute Gasteiger partial charge is 0.366 e. The lowest BCUT2D eigenvalue weighted by Crippen LogP contribution is -2.43. The van der Waals surface area contributed by atoms with Crippen LogP contribution in [-0.4, -0.2) is 25.0 Å². The van der Waals surface area contributed by atoms with Crippen LogP contribution in [0.5, 0.6) is 0 Å². The first kappa shape index (κ1) is 21.5. The molecular formula is C23H32N4O. The summed E-state index contributed by atoms with van der Waals surface area (Å²) in [4.78, 5) is 16.0. The molecule has 0 aliphatic rings. The van der Waals surface area contributed by atoms with Gasteiger partial charge in [-0.25, -0.2) is 4.99 Å². The summed E-state index contributed by atoms with van der Waals surface area (Å²) in [6.07, 6.45) is 1.05. The van der Waals surface area contributed by atoms with Crippen LogP contribution in [0.15, 0.2) is 53.5 Å². The summed E-state index contributed by atoms with van der Waals surface area (Å²) in [5, 5.41) is 6.72. The number of guanidine groups is 1. The highest BCUT2D eigenvalue weighted by Crippen LogP contribution is 2.22. The number of nitrogens with zero attached hydrogens (tertiary/aromatic N) is 1. The van der Waals surface area contributed by atoms with E-state index in [1.165, 1.54) is 11.1 Å². The number of nitrogens with one attached hydrogen (secondary N) is 2. The first-order valence-electron chi connectivity index (χ1n) is 9.86. The van der Waals surface area contributed by atoms with Crippen LogP contribution in [0.4, 0.5) is 0 Å². The monoisotopic (exact) mass is 380 g/mol. The van der Waals surface area contributed by atoms with Gasteiger partial charge < -0.3 is 16.4 Å². The van der Waals surface area contributed by atoms with Crippen molar-refractivity contribution in [1.82, 2.24) is 10.6 Å². The minimum atomic E-state index is -0.424. The molecule has 0 fully saturated rings. The molecule has 2 rings (SSSR count). The number of benzene rings is 2. The molecule has 0 saturated heterocycles. The molecule has 0 radical (unpaired) electrons. The summed E-state index contributed by atoms with van der Waals surface area (Å²) < 4.78 is 0. The van der Waals surface area contributed by atoms with E-state index in [1.54, 1.807) is 12.1 Å². The molecule has 2 aromatic rings. The van der Waals surface area contributed by atoms with Gasteiger partial charge in [-0.15, -0.1) is 0 Å². The van der Waals surface area contributed by atoms with E-state index >= 15 is 0 Å². The Hall–Kier alpha value is -2.82. The third kappa shape index (κ3) is 6.12. The number of amides is 1. The van der Waals surface area contributed by atoms with Crippen molar-refractivity contribution in [2.75, 3.05) is 13.1 Å². The second kappa shape index (κ2) is 9.93. The normalized spacial score (nSPS) is 11.9. The van der Waals surface area contributed by atoms with Crippen LogP contribution >= 0.6 is 0 Å². The Morgan fingerprint density at radius 2 is 1.75 bits per heavy atom. The van der Waals surface area contributed by atoms with Gasteiger partial charge in [0.2, 0.25) is 5.91 Å². The number of carbonyl (C=O) groups is 1. The molecule has 0 aliphatic heterocycles. The van der Waals surface area contributed by atoms with Crippen LogP contribution in [0.25, 0.3) is 0 Å². The van der Waals surface area contributed by atoms with Crippen molar-refractivity contribution < 1.29 is 4.79 Å². The van der Waals surface area contributed by atoms with Gasteiger partial charge in [-0.1, -0.05) is 57.2 Å². The highest BCUT2D eigenvalue weighted by Gasteiger charge is 2.20. The van der Waals surface area contributed by atoms with Gasteiger partial charge in [-0.3, -0.25) is 4.79 Å². The van der Waals surface area contributed by atoms with E-state index in [-0.39, 0.29) is 5.41 Å². The standard InChI is InChI=1S/C23H32N4O/c1-5-17-10-12-20(13-11-17)23(3,4)16-27-22(25-6-2)26-15-18-8-7-9-19(14-18)21(24)28/h7-14H,5-6,15-16H2,1-4H3,(H2,24,28)(H2,25,26,27). The molecule has 0 spiro atoms. The second-order valence-electron chi connectivity index (χ2n) is 7.55. The van der Waals surface area contributed by atoms with Gasteiger partial charge in [0.1, 0.15) is 0 Å². The molecule has 0 unspecified atom stereocenters. The Kier molecular flexibility index (Phi) is 7.61. The van der Waals surface area contributed by atoms with Gasteiger partial charge in [0.05, 0.1) is 6.54 Å². The fourth-order valence-corrected chi connectivity index (χ4v) is 2.93. The molecular weight excluding hydrogens is 348 g/mol. The van der Waals surface area contributed by atoms with Crippen molar-refractivity contribution in [1.29, 1.82) is 0 Å². The number of aryl methyl sites for hydroxylation is 1. The number of nitrogens with two attached hydrogens (primary N) is 1. The van der Waals surface area contributed by atoms with Gasteiger partial charge in [0, 0.05) is 24.1 Å². The Bertz CT molecular complexity index is 810. The van der Waals surface area contributed by atoms with Crippen LogP contribution in [0.2, 0.25) is 0 Å². The SMILES string of the molecule is CCNC(=NCc1cccc(C(N)=O)c1)NCC(C)(C)c1ccc(CC)cc1. The number of rotatable bonds is 8. The maximum atomic E-state index is 11.3. The topological polar surface area (TPSA) is 79.5 Å².